The number of amides is 1. The van der Waals surface area contributed by atoms with Crippen molar-refractivity contribution in [3.05, 3.63) is 59.7 Å². The number of rotatable bonds is 32. The van der Waals surface area contributed by atoms with Crippen LogP contribution in [0.2, 0.25) is 0 Å². The molecule has 0 saturated heterocycles. The summed E-state index contributed by atoms with van der Waals surface area (Å²) in [7, 11) is 0. The van der Waals surface area contributed by atoms with Gasteiger partial charge in [-0.05, 0) is 55.0 Å². The first-order valence-electron chi connectivity index (χ1n) is 18.8. The molecule has 1 aliphatic rings. The molecule has 1 amide bonds. The lowest BCUT2D eigenvalue weighted by Gasteiger charge is -2.16. The summed E-state index contributed by atoms with van der Waals surface area (Å²) < 4.78 is 38.5. The number of carbonyl (C=O) groups is 3. The molecule has 1 unspecified atom stereocenters. The third-order valence-corrected chi connectivity index (χ3v) is 8.66. The number of benzene rings is 2. The fourth-order valence-electron chi connectivity index (χ4n) is 5.95. The molecule has 0 aliphatic heterocycles. The van der Waals surface area contributed by atoms with Crippen molar-refractivity contribution >= 4 is 17.7 Å². The number of ether oxygens (including phenoxy) is 7. The minimum absolute atomic E-state index is 0.00497. The summed E-state index contributed by atoms with van der Waals surface area (Å²) in [4.78, 5) is 37.6. The highest BCUT2D eigenvalue weighted by Crippen LogP contribution is 2.44. The maximum Gasteiger partial charge on any atom is 0.305 e. The van der Waals surface area contributed by atoms with Crippen LogP contribution in [0.3, 0.4) is 0 Å². The van der Waals surface area contributed by atoms with E-state index in [-0.39, 0.29) is 48.9 Å². The highest BCUT2D eigenvalue weighted by atomic mass is 16.6. The minimum atomic E-state index is -0.384. The number of nitrogens with two attached hydrogens (primary N) is 1. The lowest BCUT2D eigenvalue weighted by atomic mass is 9.94. The van der Waals surface area contributed by atoms with Crippen molar-refractivity contribution < 1.29 is 47.5 Å². The van der Waals surface area contributed by atoms with Gasteiger partial charge in [-0.25, -0.2) is 0 Å². The Labute approximate surface area is 309 Å². The van der Waals surface area contributed by atoms with Crippen LogP contribution in [-0.2, 0) is 47.5 Å². The van der Waals surface area contributed by atoms with Crippen molar-refractivity contribution in [2.24, 2.45) is 11.7 Å². The SMILES string of the molecule is CCOCCOCCNC(=O)C(CCCCN)CC(=O)CCOCCOCCOCCOCCCC(=O)OCC1c2ccccc2-c2ccccc21. The molecule has 0 fully saturated rings. The van der Waals surface area contributed by atoms with Gasteiger partial charge in [-0.15, -0.1) is 0 Å². The van der Waals surface area contributed by atoms with Gasteiger partial charge < -0.3 is 44.2 Å². The quantitative estimate of drug-likeness (QED) is 0.0812. The van der Waals surface area contributed by atoms with Crippen molar-refractivity contribution in [3.63, 3.8) is 0 Å². The third-order valence-electron chi connectivity index (χ3n) is 8.66. The Morgan fingerprint density at radius 1 is 0.673 bits per heavy atom. The van der Waals surface area contributed by atoms with Crippen LogP contribution in [0.1, 0.15) is 68.9 Å². The molecule has 2 aromatic carbocycles. The molecule has 0 spiro atoms. The van der Waals surface area contributed by atoms with Crippen molar-refractivity contribution in [3.8, 4) is 11.1 Å². The van der Waals surface area contributed by atoms with Crippen LogP contribution >= 0.6 is 0 Å². The van der Waals surface area contributed by atoms with E-state index in [1.165, 1.54) is 22.3 Å². The Balaban J connectivity index is 1.11. The zero-order valence-corrected chi connectivity index (χ0v) is 31.0. The van der Waals surface area contributed by atoms with E-state index in [1.807, 2.05) is 31.2 Å². The molecule has 3 N–H and O–H groups in total. The summed E-state index contributed by atoms with van der Waals surface area (Å²) in [5.74, 6) is -0.676. The molecule has 0 radical (unpaired) electrons. The van der Waals surface area contributed by atoms with E-state index in [9.17, 15) is 14.4 Å². The molecule has 1 aliphatic carbocycles. The van der Waals surface area contributed by atoms with Gasteiger partial charge in [-0.1, -0.05) is 55.0 Å². The van der Waals surface area contributed by atoms with E-state index in [2.05, 4.69) is 29.6 Å². The molecular weight excluding hydrogens is 668 g/mol. The Morgan fingerprint density at radius 3 is 1.85 bits per heavy atom. The summed E-state index contributed by atoms with van der Waals surface area (Å²) in [6.07, 6.45) is 3.54. The van der Waals surface area contributed by atoms with Crippen LogP contribution in [0.15, 0.2) is 48.5 Å². The van der Waals surface area contributed by atoms with Crippen LogP contribution < -0.4 is 11.1 Å². The fraction of sp³-hybridized carbons (Fsp3) is 0.625. The summed E-state index contributed by atoms with van der Waals surface area (Å²) in [5, 5.41) is 2.88. The van der Waals surface area contributed by atoms with Gasteiger partial charge in [0.2, 0.25) is 5.91 Å². The predicted octanol–water partition coefficient (Wildman–Crippen LogP) is 4.45. The average molecular weight is 729 g/mol. The van der Waals surface area contributed by atoms with Crippen molar-refractivity contribution in [2.75, 3.05) is 99.0 Å². The lowest BCUT2D eigenvalue weighted by molar-refractivity contribution is -0.144. The maximum atomic E-state index is 12.7. The van der Waals surface area contributed by atoms with Crippen molar-refractivity contribution in [1.29, 1.82) is 0 Å². The van der Waals surface area contributed by atoms with Crippen molar-refractivity contribution in [2.45, 2.75) is 57.8 Å². The summed E-state index contributed by atoms with van der Waals surface area (Å²) in [6.45, 7) is 8.45. The number of nitrogens with one attached hydrogen (secondary N) is 1. The van der Waals surface area contributed by atoms with Gasteiger partial charge in [0.05, 0.1) is 66.1 Å². The van der Waals surface area contributed by atoms with Crippen LogP contribution in [0.4, 0.5) is 0 Å². The van der Waals surface area contributed by atoms with E-state index in [0.29, 0.717) is 112 Å². The predicted molar refractivity (Wildman–Crippen MR) is 198 cm³/mol. The van der Waals surface area contributed by atoms with E-state index >= 15 is 0 Å². The Hall–Kier alpha value is -3.23. The second kappa shape index (κ2) is 27.4. The number of fused-ring (bicyclic) bond motifs is 3. The lowest BCUT2D eigenvalue weighted by Crippen LogP contribution is -2.34. The molecule has 12 heteroatoms. The first kappa shape index (κ1) is 43.2. The maximum absolute atomic E-state index is 12.7. The molecule has 2 aromatic rings. The smallest absolute Gasteiger partial charge is 0.305 e. The second-order valence-electron chi connectivity index (χ2n) is 12.5. The Kier molecular flexibility index (Phi) is 22.7. The zero-order chi connectivity index (χ0) is 37.1. The van der Waals surface area contributed by atoms with E-state index < -0.39 is 0 Å². The highest BCUT2D eigenvalue weighted by Gasteiger charge is 2.29. The molecule has 52 heavy (non-hydrogen) atoms. The molecule has 0 heterocycles. The van der Waals surface area contributed by atoms with Crippen LogP contribution in [0.5, 0.6) is 0 Å². The van der Waals surface area contributed by atoms with Crippen LogP contribution in [0.25, 0.3) is 11.1 Å². The van der Waals surface area contributed by atoms with Gasteiger partial charge in [0.15, 0.2) is 0 Å². The van der Waals surface area contributed by atoms with E-state index in [0.717, 1.165) is 12.8 Å². The van der Waals surface area contributed by atoms with Gasteiger partial charge in [0, 0.05) is 50.9 Å². The number of unbranched alkanes of at least 4 members (excludes halogenated alkanes) is 1. The fourth-order valence-corrected chi connectivity index (χ4v) is 5.95. The average Bonchev–Trinajstić information content (AvgIpc) is 3.48. The van der Waals surface area contributed by atoms with Crippen molar-refractivity contribution in [1.82, 2.24) is 5.32 Å². The van der Waals surface area contributed by atoms with E-state index in [4.69, 9.17) is 38.9 Å². The number of carbonyl (C=O) groups excluding carboxylic acids is 3. The Bertz CT molecular complexity index is 1250. The molecule has 0 aromatic heterocycles. The van der Waals surface area contributed by atoms with Gasteiger partial charge in [-0.2, -0.15) is 0 Å². The Morgan fingerprint density at radius 2 is 1.23 bits per heavy atom. The van der Waals surface area contributed by atoms with E-state index in [1.54, 1.807) is 0 Å². The van der Waals surface area contributed by atoms with Gasteiger partial charge in [-0.3, -0.25) is 14.4 Å². The normalized spacial score (nSPS) is 12.7. The summed E-state index contributed by atoms with van der Waals surface area (Å²) >= 11 is 0. The molecule has 12 nitrogen and oxygen atoms in total. The number of Topliss-reactive ketones (excluding diaryl/α,β-unsaturated/α-hetero) is 1. The first-order valence-corrected chi connectivity index (χ1v) is 18.8. The number of ketones is 1. The van der Waals surface area contributed by atoms with Crippen LogP contribution in [0, 0.1) is 5.92 Å². The zero-order valence-electron chi connectivity index (χ0n) is 31.0. The molecule has 3 rings (SSSR count). The summed E-state index contributed by atoms with van der Waals surface area (Å²) in [5.41, 5.74) is 10.4. The first-order chi connectivity index (χ1) is 25.5. The van der Waals surface area contributed by atoms with Gasteiger partial charge >= 0.3 is 5.97 Å². The third kappa shape index (κ3) is 17.1. The topological polar surface area (TPSA) is 154 Å². The largest absolute Gasteiger partial charge is 0.465 e. The monoisotopic (exact) mass is 728 g/mol. The molecular formula is C40H60N2O10. The molecule has 1 atom stereocenters. The number of hydrogen-bond acceptors (Lipinski definition) is 11. The van der Waals surface area contributed by atoms with Crippen LogP contribution in [-0.4, -0.2) is 117 Å². The molecule has 0 bridgehead atoms. The number of esters is 1. The second-order valence-corrected chi connectivity index (χ2v) is 12.5. The molecule has 290 valence electrons. The molecule has 0 saturated carbocycles. The minimum Gasteiger partial charge on any atom is -0.465 e. The standard InChI is InChI=1S/C40H60N2O10/c1-2-46-22-23-49-21-18-42-40(45)32(10-7-8-17-41)30-33(43)16-20-48-25-27-51-29-28-50-26-24-47-19-9-15-39(44)52-31-38-36-13-5-3-11-34(36)35-12-4-6-14-37(35)38/h3-6,11-14,32,38H,2,7-10,15-31,41H2,1H3,(H,42,45). The highest BCUT2D eigenvalue weighted by molar-refractivity contribution is 5.86. The summed E-state index contributed by atoms with van der Waals surface area (Å²) in [6, 6.07) is 16.6. The number of hydrogen-bond donors (Lipinski definition) is 2. The van der Waals surface area contributed by atoms with Gasteiger partial charge in [0.25, 0.3) is 0 Å². The van der Waals surface area contributed by atoms with Gasteiger partial charge in [0.1, 0.15) is 12.4 Å².